The lowest BCUT2D eigenvalue weighted by atomic mass is 10.1. The number of hydrogen-bond acceptors (Lipinski definition) is 4. The van der Waals surface area contributed by atoms with Gasteiger partial charge in [0.1, 0.15) is 0 Å². The molecule has 1 saturated carbocycles. The molecule has 0 amide bonds. The van der Waals surface area contributed by atoms with Crippen LogP contribution >= 0.6 is 0 Å². The van der Waals surface area contributed by atoms with Crippen LogP contribution in [0.25, 0.3) is 11.0 Å². The minimum atomic E-state index is -4.97. The lowest BCUT2D eigenvalue weighted by Gasteiger charge is -2.14. The van der Waals surface area contributed by atoms with E-state index in [1.54, 1.807) is 6.33 Å². The van der Waals surface area contributed by atoms with Crippen molar-refractivity contribution in [2.75, 3.05) is 0 Å². The summed E-state index contributed by atoms with van der Waals surface area (Å²) in [6.07, 6.45) is -1.02. The van der Waals surface area contributed by atoms with E-state index in [9.17, 15) is 18.0 Å². The van der Waals surface area contributed by atoms with Crippen LogP contribution in [-0.4, -0.2) is 27.7 Å². The summed E-state index contributed by atoms with van der Waals surface area (Å²) in [5, 5.41) is 0. The van der Waals surface area contributed by atoms with Crippen molar-refractivity contribution in [3.8, 4) is 0 Å². The Morgan fingerprint density at radius 1 is 1.35 bits per heavy atom. The number of carbonyl (C=O) groups is 1. The monoisotopic (exact) mass is 327 g/mol. The molecule has 2 aromatic rings. The van der Waals surface area contributed by atoms with Crippen molar-refractivity contribution in [1.29, 1.82) is 0 Å². The molecule has 2 atom stereocenters. The van der Waals surface area contributed by atoms with Gasteiger partial charge in [-0.05, 0) is 37.3 Å². The van der Waals surface area contributed by atoms with Gasteiger partial charge in [0.15, 0.2) is 0 Å². The lowest BCUT2D eigenvalue weighted by Crippen LogP contribution is -2.36. The normalized spacial score (nSPS) is 21.7. The molecule has 5 nitrogen and oxygen atoms in total. The third-order valence-corrected chi connectivity index (χ3v) is 4.07. The second kappa shape index (κ2) is 6.19. The molecule has 1 aliphatic carbocycles. The van der Waals surface area contributed by atoms with Crippen LogP contribution in [0.1, 0.15) is 19.3 Å². The summed E-state index contributed by atoms with van der Waals surface area (Å²) in [7, 11) is 0. The van der Waals surface area contributed by atoms with E-state index in [2.05, 4.69) is 15.3 Å². The van der Waals surface area contributed by atoms with E-state index in [0.29, 0.717) is 18.8 Å². The van der Waals surface area contributed by atoms with Crippen molar-refractivity contribution in [2.24, 2.45) is 5.92 Å². The Labute approximate surface area is 130 Å². The highest BCUT2D eigenvalue weighted by molar-refractivity contribution is 5.75. The zero-order valence-corrected chi connectivity index (χ0v) is 12.2. The molecule has 1 heterocycles. The maximum atomic E-state index is 12.1. The number of rotatable bonds is 4. The summed E-state index contributed by atoms with van der Waals surface area (Å²) in [5.41, 5.74) is 4.19. The molecule has 1 fully saturated rings. The first kappa shape index (κ1) is 15.8. The number of hydrogen-bond donors (Lipinski definition) is 1. The van der Waals surface area contributed by atoms with E-state index in [-0.39, 0.29) is 6.04 Å². The summed E-state index contributed by atoms with van der Waals surface area (Å²) in [5.74, 6) is -1.91. The maximum absolute atomic E-state index is 12.1. The molecule has 1 aromatic heterocycles. The van der Waals surface area contributed by atoms with E-state index < -0.39 is 12.1 Å². The summed E-state index contributed by atoms with van der Waals surface area (Å²) in [6, 6.07) is 7.53. The average molecular weight is 327 g/mol. The first-order valence-corrected chi connectivity index (χ1v) is 7.37. The number of nitrogens with one attached hydrogen (secondary N) is 1. The molecule has 0 unspecified atom stereocenters. The van der Waals surface area contributed by atoms with Gasteiger partial charge in [0.05, 0.1) is 17.4 Å². The SMILES string of the molecule is O=C(ON[C@@H]1CC[C@H](Cn2cnc3ccccc32)C1)C(F)(F)F. The van der Waals surface area contributed by atoms with E-state index in [4.69, 9.17) is 0 Å². The van der Waals surface area contributed by atoms with Gasteiger partial charge in [-0.25, -0.2) is 9.78 Å². The van der Waals surface area contributed by atoms with Gasteiger partial charge in [-0.1, -0.05) is 12.1 Å². The maximum Gasteiger partial charge on any atom is 0.492 e. The van der Waals surface area contributed by atoms with E-state index in [1.165, 1.54) is 0 Å². The van der Waals surface area contributed by atoms with Gasteiger partial charge in [-0.3, -0.25) is 0 Å². The Hall–Kier alpha value is -2.09. The smallest absolute Gasteiger partial charge is 0.363 e. The van der Waals surface area contributed by atoms with Crippen molar-refractivity contribution >= 4 is 17.0 Å². The Morgan fingerprint density at radius 2 is 2.13 bits per heavy atom. The van der Waals surface area contributed by atoms with Gasteiger partial charge in [0.2, 0.25) is 0 Å². The third-order valence-electron chi connectivity index (χ3n) is 4.07. The number of alkyl halides is 3. The highest BCUT2D eigenvalue weighted by Gasteiger charge is 2.42. The number of hydroxylamine groups is 1. The fourth-order valence-corrected chi connectivity index (χ4v) is 2.98. The summed E-state index contributed by atoms with van der Waals surface area (Å²) < 4.78 is 38.3. The summed E-state index contributed by atoms with van der Waals surface area (Å²) in [4.78, 5) is 19.1. The number of aromatic nitrogens is 2. The Kier molecular flexibility index (Phi) is 4.25. The first-order valence-electron chi connectivity index (χ1n) is 7.37. The number of fused-ring (bicyclic) bond motifs is 1. The molecule has 23 heavy (non-hydrogen) atoms. The van der Waals surface area contributed by atoms with Crippen LogP contribution in [0, 0.1) is 5.92 Å². The lowest BCUT2D eigenvalue weighted by molar-refractivity contribution is -0.208. The highest BCUT2D eigenvalue weighted by Crippen LogP contribution is 2.28. The molecule has 3 rings (SSSR count). The summed E-state index contributed by atoms with van der Waals surface area (Å²) in [6.45, 7) is 0.742. The number of carbonyl (C=O) groups excluding carboxylic acids is 1. The van der Waals surface area contributed by atoms with Gasteiger partial charge in [0.25, 0.3) is 0 Å². The van der Waals surface area contributed by atoms with Crippen LogP contribution in [0.15, 0.2) is 30.6 Å². The Balaban J connectivity index is 1.53. The van der Waals surface area contributed by atoms with Crippen LogP contribution in [0.5, 0.6) is 0 Å². The molecular weight excluding hydrogens is 311 g/mol. The van der Waals surface area contributed by atoms with E-state index in [0.717, 1.165) is 24.0 Å². The second-order valence-electron chi connectivity index (χ2n) is 5.77. The third kappa shape index (κ3) is 3.64. The van der Waals surface area contributed by atoms with Crippen molar-refractivity contribution in [2.45, 2.75) is 38.0 Å². The van der Waals surface area contributed by atoms with Gasteiger partial charge in [0, 0.05) is 12.6 Å². The largest absolute Gasteiger partial charge is 0.492 e. The zero-order valence-electron chi connectivity index (χ0n) is 12.2. The fraction of sp³-hybridized carbons (Fsp3) is 0.467. The molecule has 0 radical (unpaired) electrons. The average Bonchev–Trinajstić information content (AvgIpc) is 3.12. The molecule has 8 heteroatoms. The van der Waals surface area contributed by atoms with Crippen molar-refractivity contribution < 1.29 is 22.8 Å². The molecule has 1 aromatic carbocycles. The van der Waals surface area contributed by atoms with Gasteiger partial charge >= 0.3 is 12.1 Å². The van der Waals surface area contributed by atoms with Gasteiger partial charge in [-0.2, -0.15) is 13.2 Å². The van der Waals surface area contributed by atoms with Crippen molar-refractivity contribution in [3.05, 3.63) is 30.6 Å². The number of imidazole rings is 1. The van der Waals surface area contributed by atoms with E-state index >= 15 is 0 Å². The summed E-state index contributed by atoms with van der Waals surface area (Å²) >= 11 is 0. The Morgan fingerprint density at radius 3 is 2.91 bits per heavy atom. The topological polar surface area (TPSA) is 56.1 Å². The number of nitrogens with zero attached hydrogens (tertiary/aromatic N) is 2. The van der Waals surface area contributed by atoms with Crippen LogP contribution in [0.2, 0.25) is 0 Å². The zero-order chi connectivity index (χ0) is 16.4. The standard InChI is InChI=1S/C15H16F3N3O2/c16-15(17,18)14(22)23-20-11-6-5-10(7-11)8-21-9-19-12-3-1-2-4-13(12)21/h1-4,9-11,20H,5-8H2/t10-,11+/m0/s1. The quantitative estimate of drug-likeness (QED) is 0.878. The van der Waals surface area contributed by atoms with Crippen LogP contribution in [0.4, 0.5) is 13.2 Å². The minimum Gasteiger partial charge on any atom is -0.363 e. The first-order chi connectivity index (χ1) is 10.9. The molecule has 0 spiro atoms. The number of benzene rings is 1. The van der Waals surface area contributed by atoms with Crippen molar-refractivity contribution in [3.63, 3.8) is 0 Å². The van der Waals surface area contributed by atoms with Crippen molar-refractivity contribution in [1.82, 2.24) is 15.0 Å². The molecule has 124 valence electrons. The molecule has 1 N–H and O–H groups in total. The van der Waals surface area contributed by atoms with Crippen LogP contribution in [-0.2, 0) is 16.2 Å². The predicted octanol–water partition coefficient (Wildman–Crippen LogP) is 2.82. The second-order valence-corrected chi connectivity index (χ2v) is 5.77. The molecular formula is C15H16F3N3O2. The predicted molar refractivity (Wildman–Crippen MR) is 76.1 cm³/mol. The molecule has 0 saturated heterocycles. The molecule has 0 bridgehead atoms. The van der Waals surface area contributed by atoms with Crippen LogP contribution in [0.3, 0.4) is 0 Å². The highest BCUT2D eigenvalue weighted by atomic mass is 19.4. The molecule has 1 aliphatic rings. The fourth-order valence-electron chi connectivity index (χ4n) is 2.98. The van der Waals surface area contributed by atoms with Gasteiger partial charge < -0.3 is 9.40 Å². The Bertz CT molecular complexity index is 699. The van der Waals surface area contributed by atoms with Crippen LogP contribution < -0.4 is 5.48 Å². The number of halogens is 3. The van der Waals surface area contributed by atoms with E-state index in [1.807, 2.05) is 28.8 Å². The van der Waals surface area contributed by atoms with Gasteiger partial charge in [-0.15, -0.1) is 5.48 Å². The molecule has 0 aliphatic heterocycles. The minimum absolute atomic E-state index is 0.249. The number of para-hydroxylation sites is 2.